The maximum Gasteiger partial charge on any atom is 0.240 e. The van der Waals surface area contributed by atoms with Crippen LogP contribution < -0.4 is 5.32 Å². The van der Waals surface area contributed by atoms with Crippen LogP contribution in [0.25, 0.3) is 10.7 Å². The third-order valence-electron chi connectivity index (χ3n) is 3.93. The van der Waals surface area contributed by atoms with Gasteiger partial charge in [-0.15, -0.1) is 11.3 Å². The van der Waals surface area contributed by atoms with Crippen LogP contribution >= 0.6 is 11.3 Å². The number of hydrogen-bond acceptors (Lipinski definition) is 5. The molecule has 1 N–H and O–H groups in total. The first-order valence-corrected chi connectivity index (χ1v) is 8.98. The number of thiophene rings is 1. The van der Waals surface area contributed by atoms with Gasteiger partial charge in [0, 0.05) is 0 Å². The quantitative estimate of drug-likeness (QED) is 0.550. The van der Waals surface area contributed by atoms with E-state index in [2.05, 4.69) is 64.0 Å². The van der Waals surface area contributed by atoms with Crippen LogP contribution in [0.2, 0.25) is 0 Å². The molecule has 0 saturated heterocycles. The number of rotatable bonds is 6. The Bertz CT molecular complexity index is 865. The van der Waals surface area contributed by atoms with E-state index < -0.39 is 0 Å². The van der Waals surface area contributed by atoms with Crippen molar-refractivity contribution in [3.63, 3.8) is 0 Å². The minimum Gasteiger partial charge on any atom is -0.338 e. The van der Waals surface area contributed by atoms with E-state index in [0.29, 0.717) is 18.3 Å². The van der Waals surface area contributed by atoms with Crippen molar-refractivity contribution in [2.45, 2.75) is 12.6 Å². The molecule has 0 saturated carbocycles. The Balaban J connectivity index is 1.54. The Morgan fingerprint density at radius 2 is 1.56 bits per heavy atom. The van der Waals surface area contributed by atoms with Crippen molar-refractivity contribution in [3.8, 4) is 10.7 Å². The second-order valence-electron chi connectivity index (χ2n) is 5.62. The van der Waals surface area contributed by atoms with Crippen LogP contribution in [0.3, 0.4) is 0 Å². The van der Waals surface area contributed by atoms with Crippen molar-refractivity contribution in [3.05, 3.63) is 95.2 Å². The molecule has 0 radical (unpaired) electrons. The smallest absolute Gasteiger partial charge is 0.240 e. The molecule has 5 heteroatoms. The lowest BCUT2D eigenvalue weighted by Gasteiger charge is -2.18. The third kappa shape index (κ3) is 3.68. The summed E-state index contributed by atoms with van der Waals surface area (Å²) >= 11 is 1.60. The van der Waals surface area contributed by atoms with Gasteiger partial charge >= 0.3 is 0 Å². The van der Waals surface area contributed by atoms with Crippen LogP contribution in [0.15, 0.2) is 82.7 Å². The van der Waals surface area contributed by atoms with Gasteiger partial charge in [-0.3, -0.25) is 5.32 Å². The van der Waals surface area contributed by atoms with E-state index in [0.717, 1.165) is 4.88 Å². The third-order valence-corrected chi connectivity index (χ3v) is 4.80. The van der Waals surface area contributed by atoms with Crippen molar-refractivity contribution >= 4 is 11.3 Å². The van der Waals surface area contributed by atoms with Crippen molar-refractivity contribution < 1.29 is 4.52 Å². The number of hydrogen-bond donors (Lipinski definition) is 1. The molecule has 0 atom stereocenters. The molecule has 25 heavy (non-hydrogen) atoms. The predicted molar refractivity (Wildman–Crippen MR) is 99.2 cm³/mol. The standard InChI is InChI=1S/C20H17N3OS/c1-3-8-15(9-4-1)19(16-10-5-2-6-11-16)21-14-18-22-20(23-24-18)17-12-7-13-25-17/h1-13,19,21H,14H2. The van der Waals surface area contributed by atoms with Crippen LogP contribution in [-0.2, 0) is 6.54 Å². The van der Waals surface area contributed by atoms with Gasteiger partial charge in [-0.2, -0.15) is 4.98 Å². The lowest BCUT2D eigenvalue weighted by atomic mass is 9.99. The van der Waals surface area contributed by atoms with E-state index in [9.17, 15) is 0 Å². The van der Waals surface area contributed by atoms with Gasteiger partial charge in [-0.05, 0) is 22.6 Å². The van der Waals surface area contributed by atoms with Crippen molar-refractivity contribution in [1.82, 2.24) is 15.5 Å². The van der Waals surface area contributed by atoms with Crippen LogP contribution in [0.5, 0.6) is 0 Å². The van der Waals surface area contributed by atoms with E-state index in [1.807, 2.05) is 29.6 Å². The number of aromatic nitrogens is 2. The van der Waals surface area contributed by atoms with Gasteiger partial charge in [0.25, 0.3) is 0 Å². The molecule has 0 unspecified atom stereocenters. The van der Waals surface area contributed by atoms with Gasteiger partial charge in [-0.25, -0.2) is 0 Å². The summed E-state index contributed by atoms with van der Waals surface area (Å²) in [6.45, 7) is 0.507. The van der Waals surface area contributed by atoms with Crippen molar-refractivity contribution in [2.75, 3.05) is 0 Å². The fraction of sp³-hybridized carbons (Fsp3) is 0.100. The topological polar surface area (TPSA) is 51.0 Å². The molecule has 0 bridgehead atoms. The average Bonchev–Trinajstić information content (AvgIpc) is 3.35. The number of benzene rings is 2. The lowest BCUT2D eigenvalue weighted by Crippen LogP contribution is -2.22. The zero-order chi connectivity index (χ0) is 16.9. The lowest BCUT2D eigenvalue weighted by molar-refractivity contribution is 0.363. The molecule has 0 aliphatic carbocycles. The molecule has 0 amide bonds. The maximum absolute atomic E-state index is 5.39. The highest BCUT2D eigenvalue weighted by Gasteiger charge is 2.15. The monoisotopic (exact) mass is 347 g/mol. The fourth-order valence-corrected chi connectivity index (χ4v) is 3.39. The highest BCUT2D eigenvalue weighted by atomic mass is 32.1. The molecule has 4 aromatic rings. The molecule has 0 aliphatic rings. The normalized spacial score (nSPS) is 11.1. The van der Waals surface area contributed by atoms with E-state index in [1.54, 1.807) is 11.3 Å². The van der Waals surface area contributed by atoms with Gasteiger partial charge in [-0.1, -0.05) is 71.9 Å². The first-order chi connectivity index (χ1) is 12.4. The van der Waals surface area contributed by atoms with Crippen LogP contribution in [-0.4, -0.2) is 10.1 Å². The molecule has 2 heterocycles. The van der Waals surface area contributed by atoms with E-state index >= 15 is 0 Å². The Morgan fingerprint density at radius 3 is 2.16 bits per heavy atom. The molecule has 0 aliphatic heterocycles. The van der Waals surface area contributed by atoms with Gasteiger partial charge < -0.3 is 4.52 Å². The summed E-state index contributed by atoms with van der Waals surface area (Å²) in [5.74, 6) is 1.23. The van der Waals surface area contributed by atoms with Crippen molar-refractivity contribution in [1.29, 1.82) is 0 Å². The highest BCUT2D eigenvalue weighted by molar-refractivity contribution is 7.13. The Hall–Kier alpha value is -2.76. The molecule has 0 fully saturated rings. The largest absolute Gasteiger partial charge is 0.338 e. The Kier molecular flexibility index (Phi) is 4.68. The zero-order valence-corrected chi connectivity index (χ0v) is 14.3. The van der Waals surface area contributed by atoms with Gasteiger partial charge in [0.05, 0.1) is 17.5 Å². The average molecular weight is 347 g/mol. The Morgan fingerprint density at radius 1 is 0.880 bits per heavy atom. The summed E-state index contributed by atoms with van der Waals surface area (Å²) in [5.41, 5.74) is 2.40. The van der Waals surface area contributed by atoms with Crippen LogP contribution in [0, 0.1) is 0 Å². The zero-order valence-electron chi connectivity index (χ0n) is 13.5. The second-order valence-corrected chi connectivity index (χ2v) is 6.57. The summed E-state index contributed by atoms with van der Waals surface area (Å²) in [6.07, 6.45) is 0. The minimum absolute atomic E-state index is 0.0690. The molecule has 4 rings (SSSR count). The summed E-state index contributed by atoms with van der Waals surface area (Å²) in [5, 5.41) is 9.61. The second kappa shape index (κ2) is 7.42. The predicted octanol–water partition coefficient (Wildman–Crippen LogP) is 4.68. The first-order valence-electron chi connectivity index (χ1n) is 8.10. The molecule has 124 valence electrons. The van der Waals surface area contributed by atoms with Crippen LogP contribution in [0.1, 0.15) is 23.1 Å². The molecule has 2 aromatic heterocycles. The molecule has 0 spiro atoms. The minimum atomic E-state index is 0.0690. The molecular weight excluding hydrogens is 330 g/mol. The molecule has 4 nitrogen and oxygen atoms in total. The highest BCUT2D eigenvalue weighted by Crippen LogP contribution is 2.24. The van der Waals surface area contributed by atoms with Crippen LogP contribution in [0.4, 0.5) is 0 Å². The Labute approximate surface area is 150 Å². The van der Waals surface area contributed by atoms with E-state index in [-0.39, 0.29) is 6.04 Å². The number of nitrogens with zero attached hydrogens (tertiary/aromatic N) is 2. The molecular formula is C20H17N3OS. The van der Waals surface area contributed by atoms with Gasteiger partial charge in [0.2, 0.25) is 11.7 Å². The van der Waals surface area contributed by atoms with E-state index in [1.165, 1.54) is 11.1 Å². The summed E-state index contributed by atoms with van der Waals surface area (Å²) < 4.78 is 5.39. The SMILES string of the molecule is c1ccc(C(NCc2nc(-c3cccs3)no2)c2ccccc2)cc1. The molecule has 2 aromatic carbocycles. The fourth-order valence-electron chi connectivity index (χ4n) is 2.74. The van der Waals surface area contributed by atoms with Gasteiger partial charge in [0.1, 0.15) is 0 Å². The van der Waals surface area contributed by atoms with E-state index in [4.69, 9.17) is 4.52 Å². The first kappa shape index (κ1) is 15.7. The summed E-state index contributed by atoms with van der Waals surface area (Å²) in [6, 6.07) is 24.8. The van der Waals surface area contributed by atoms with Gasteiger partial charge in [0.15, 0.2) is 0 Å². The maximum atomic E-state index is 5.39. The number of nitrogens with one attached hydrogen (secondary N) is 1. The van der Waals surface area contributed by atoms with Crippen molar-refractivity contribution in [2.24, 2.45) is 0 Å². The summed E-state index contributed by atoms with van der Waals surface area (Å²) in [4.78, 5) is 5.49. The summed E-state index contributed by atoms with van der Waals surface area (Å²) in [7, 11) is 0.